The SMILES string of the molecule is CCCn1ccnc1N(C)C1CCCNC1. The van der Waals surface area contributed by atoms with E-state index in [1.54, 1.807) is 0 Å². The Balaban J connectivity index is 2.06. The molecule has 0 radical (unpaired) electrons. The van der Waals surface area contributed by atoms with Crippen LogP contribution in [0.1, 0.15) is 26.2 Å². The smallest absolute Gasteiger partial charge is 0.205 e. The van der Waals surface area contributed by atoms with Crippen LogP contribution in [0.2, 0.25) is 0 Å². The van der Waals surface area contributed by atoms with Crippen LogP contribution in [0.5, 0.6) is 0 Å². The van der Waals surface area contributed by atoms with Gasteiger partial charge < -0.3 is 14.8 Å². The van der Waals surface area contributed by atoms with Gasteiger partial charge in [-0.2, -0.15) is 0 Å². The van der Waals surface area contributed by atoms with Crippen LogP contribution < -0.4 is 10.2 Å². The van der Waals surface area contributed by atoms with E-state index in [1.165, 1.54) is 12.8 Å². The van der Waals surface area contributed by atoms with Crippen LogP contribution >= 0.6 is 0 Å². The van der Waals surface area contributed by atoms with Gasteiger partial charge in [-0.05, 0) is 25.8 Å². The van der Waals surface area contributed by atoms with E-state index in [2.05, 4.69) is 39.9 Å². The number of aromatic nitrogens is 2. The van der Waals surface area contributed by atoms with Gasteiger partial charge in [-0.25, -0.2) is 4.98 Å². The summed E-state index contributed by atoms with van der Waals surface area (Å²) in [5.41, 5.74) is 0. The summed E-state index contributed by atoms with van der Waals surface area (Å²) < 4.78 is 2.24. The molecule has 16 heavy (non-hydrogen) atoms. The van der Waals surface area contributed by atoms with Gasteiger partial charge in [-0.15, -0.1) is 0 Å². The minimum absolute atomic E-state index is 0.590. The normalized spacial score (nSPS) is 21.0. The van der Waals surface area contributed by atoms with Crippen molar-refractivity contribution in [2.24, 2.45) is 0 Å². The van der Waals surface area contributed by atoms with E-state index in [0.717, 1.165) is 32.0 Å². The maximum atomic E-state index is 4.47. The zero-order chi connectivity index (χ0) is 11.4. The second-order valence-electron chi connectivity index (χ2n) is 4.53. The number of hydrogen-bond donors (Lipinski definition) is 1. The molecule has 0 saturated carbocycles. The van der Waals surface area contributed by atoms with E-state index in [4.69, 9.17) is 0 Å². The molecular weight excluding hydrogens is 200 g/mol. The van der Waals surface area contributed by atoms with Gasteiger partial charge in [0.2, 0.25) is 5.95 Å². The van der Waals surface area contributed by atoms with Crippen molar-refractivity contribution in [3.63, 3.8) is 0 Å². The summed E-state index contributed by atoms with van der Waals surface area (Å²) in [6.45, 7) is 5.50. The number of likely N-dealkylation sites (N-methyl/N-ethyl adjacent to an activating group) is 1. The lowest BCUT2D eigenvalue weighted by atomic mass is 10.1. The predicted octanol–water partition coefficient (Wildman–Crippen LogP) is 1.48. The van der Waals surface area contributed by atoms with Gasteiger partial charge >= 0.3 is 0 Å². The molecule has 0 bridgehead atoms. The lowest BCUT2D eigenvalue weighted by molar-refractivity contribution is 0.437. The molecule has 4 nitrogen and oxygen atoms in total. The monoisotopic (exact) mass is 222 g/mol. The Morgan fingerprint density at radius 2 is 2.50 bits per heavy atom. The minimum atomic E-state index is 0.590. The Kier molecular flexibility index (Phi) is 3.83. The van der Waals surface area contributed by atoms with E-state index in [1.807, 2.05) is 6.20 Å². The van der Waals surface area contributed by atoms with Gasteiger partial charge in [0.1, 0.15) is 0 Å². The third-order valence-electron chi connectivity index (χ3n) is 3.29. The summed E-state index contributed by atoms with van der Waals surface area (Å²) in [6.07, 6.45) is 7.66. The molecule has 1 aromatic heterocycles. The van der Waals surface area contributed by atoms with E-state index in [0.29, 0.717) is 6.04 Å². The molecule has 90 valence electrons. The van der Waals surface area contributed by atoms with E-state index in [9.17, 15) is 0 Å². The van der Waals surface area contributed by atoms with Crippen molar-refractivity contribution in [1.82, 2.24) is 14.9 Å². The van der Waals surface area contributed by atoms with Gasteiger partial charge in [-0.1, -0.05) is 6.92 Å². The fourth-order valence-electron chi connectivity index (χ4n) is 2.36. The Morgan fingerprint density at radius 1 is 1.62 bits per heavy atom. The average molecular weight is 222 g/mol. The first kappa shape index (κ1) is 11.5. The third kappa shape index (κ3) is 2.38. The zero-order valence-corrected chi connectivity index (χ0v) is 10.3. The summed E-state index contributed by atoms with van der Waals surface area (Å²) in [6, 6.07) is 0.590. The quantitative estimate of drug-likeness (QED) is 0.837. The molecule has 4 heteroatoms. The van der Waals surface area contributed by atoms with E-state index < -0.39 is 0 Å². The molecule has 1 N–H and O–H groups in total. The molecule has 0 aromatic carbocycles. The molecule has 0 amide bonds. The highest BCUT2D eigenvalue weighted by molar-refractivity contribution is 5.32. The van der Waals surface area contributed by atoms with Crippen LogP contribution in [0, 0.1) is 0 Å². The molecule has 1 saturated heterocycles. The van der Waals surface area contributed by atoms with Crippen LogP contribution in [-0.4, -0.2) is 35.7 Å². The number of nitrogens with zero attached hydrogens (tertiary/aromatic N) is 3. The summed E-state index contributed by atoms with van der Waals surface area (Å²) in [5.74, 6) is 1.11. The Labute approximate surface area is 97.7 Å². The maximum absolute atomic E-state index is 4.47. The molecule has 1 atom stereocenters. The van der Waals surface area contributed by atoms with Crippen molar-refractivity contribution < 1.29 is 0 Å². The Bertz CT molecular complexity index is 315. The largest absolute Gasteiger partial charge is 0.341 e. The summed E-state index contributed by atoms with van der Waals surface area (Å²) in [5, 5.41) is 3.45. The first-order valence-electron chi connectivity index (χ1n) is 6.27. The van der Waals surface area contributed by atoms with Crippen molar-refractivity contribution in [2.45, 2.75) is 38.8 Å². The first-order valence-corrected chi connectivity index (χ1v) is 6.27. The number of imidazole rings is 1. The van der Waals surface area contributed by atoms with Gasteiger partial charge in [0, 0.05) is 38.6 Å². The molecule has 1 fully saturated rings. The second-order valence-corrected chi connectivity index (χ2v) is 4.53. The van der Waals surface area contributed by atoms with Crippen molar-refractivity contribution >= 4 is 5.95 Å². The summed E-state index contributed by atoms with van der Waals surface area (Å²) in [7, 11) is 2.16. The van der Waals surface area contributed by atoms with E-state index >= 15 is 0 Å². The highest BCUT2D eigenvalue weighted by Crippen LogP contribution is 2.17. The fourth-order valence-corrected chi connectivity index (χ4v) is 2.36. The summed E-state index contributed by atoms with van der Waals surface area (Å²) in [4.78, 5) is 6.79. The number of nitrogens with one attached hydrogen (secondary N) is 1. The van der Waals surface area contributed by atoms with Crippen molar-refractivity contribution in [2.75, 3.05) is 25.0 Å². The Morgan fingerprint density at radius 3 is 3.19 bits per heavy atom. The maximum Gasteiger partial charge on any atom is 0.205 e. The van der Waals surface area contributed by atoms with Gasteiger partial charge in [-0.3, -0.25) is 0 Å². The number of piperidine rings is 1. The molecular formula is C12H22N4. The predicted molar refractivity (Wildman–Crippen MR) is 66.8 cm³/mol. The summed E-state index contributed by atoms with van der Waals surface area (Å²) >= 11 is 0. The number of hydrogen-bond acceptors (Lipinski definition) is 3. The highest BCUT2D eigenvalue weighted by atomic mass is 15.3. The van der Waals surface area contributed by atoms with Crippen LogP contribution in [0.3, 0.4) is 0 Å². The Hall–Kier alpha value is -1.03. The lowest BCUT2D eigenvalue weighted by Crippen LogP contribution is -2.45. The molecule has 2 heterocycles. The average Bonchev–Trinajstić information content (AvgIpc) is 2.78. The van der Waals surface area contributed by atoms with Crippen LogP contribution in [0.4, 0.5) is 5.95 Å². The van der Waals surface area contributed by atoms with Gasteiger partial charge in [0.05, 0.1) is 0 Å². The molecule has 0 spiro atoms. The minimum Gasteiger partial charge on any atom is -0.341 e. The number of aryl methyl sites for hydroxylation is 1. The number of anilines is 1. The second kappa shape index (κ2) is 5.34. The molecule has 0 aliphatic carbocycles. The van der Waals surface area contributed by atoms with Crippen LogP contribution in [-0.2, 0) is 6.54 Å². The fraction of sp³-hybridized carbons (Fsp3) is 0.750. The highest BCUT2D eigenvalue weighted by Gasteiger charge is 2.20. The van der Waals surface area contributed by atoms with Crippen molar-refractivity contribution in [3.8, 4) is 0 Å². The van der Waals surface area contributed by atoms with Crippen LogP contribution in [0.25, 0.3) is 0 Å². The topological polar surface area (TPSA) is 33.1 Å². The van der Waals surface area contributed by atoms with Crippen LogP contribution in [0.15, 0.2) is 12.4 Å². The lowest BCUT2D eigenvalue weighted by Gasteiger charge is -2.32. The van der Waals surface area contributed by atoms with Gasteiger partial charge in [0.25, 0.3) is 0 Å². The van der Waals surface area contributed by atoms with E-state index in [-0.39, 0.29) is 0 Å². The van der Waals surface area contributed by atoms with Crippen molar-refractivity contribution in [1.29, 1.82) is 0 Å². The van der Waals surface area contributed by atoms with Gasteiger partial charge in [0.15, 0.2) is 0 Å². The van der Waals surface area contributed by atoms with Crippen molar-refractivity contribution in [3.05, 3.63) is 12.4 Å². The number of rotatable bonds is 4. The third-order valence-corrected chi connectivity index (χ3v) is 3.29. The zero-order valence-electron chi connectivity index (χ0n) is 10.3. The molecule has 2 rings (SSSR count). The first-order chi connectivity index (χ1) is 7.83. The standard InChI is InChI=1S/C12H22N4/c1-3-8-16-9-7-14-12(16)15(2)11-5-4-6-13-10-11/h7,9,11,13H,3-6,8,10H2,1-2H3. The molecule has 1 aliphatic rings. The molecule has 1 aromatic rings. The molecule has 1 aliphatic heterocycles. The molecule has 1 unspecified atom stereocenters.